The number of aromatic nitrogens is 1. The Morgan fingerprint density at radius 3 is 2.82 bits per heavy atom. The molecule has 1 N–H and O–H groups in total. The van der Waals surface area contributed by atoms with E-state index in [4.69, 9.17) is 0 Å². The van der Waals surface area contributed by atoms with Crippen LogP contribution in [0.1, 0.15) is 10.6 Å². The van der Waals surface area contributed by atoms with Crippen LogP contribution in [0.15, 0.2) is 27.2 Å². The van der Waals surface area contributed by atoms with E-state index in [0.29, 0.717) is 17.2 Å². The van der Waals surface area contributed by atoms with Crippen molar-refractivity contribution >= 4 is 32.7 Å². The van der Waals surface area contributed by atoms with Crippen LogP contribution in [0.2, 0.25) is 0 Å². The summed E-state index contributed by atoms with van der Waals surface area (Å²) in [7, 11) is -3.33. The number of thiophene rings is 1. The van der Waals surface area contributed by atoms with E-state index in [1.807, 2.05) is 6.92 Å². The Hall–Kier alpha value is -0.760. The van der Waals surface area contributed by atoms with Crippen molar-refractivity contribution in [3.63, 3.8) is 0 Å². The maximum Gasteiger partial charge on any atom is 0.250 e. The van der Waals surface area contributed by atoms with Gasteiger partial charge in [0.2, 0.25) is 10.0 Å². The van der Waals surface area contributed by atoms with Gasteiger partial charge in [0.15, 0.2) is 0 Å². The van der Waals surface area contributed by atoms with Crippen molar-refractivity contribution in [3.8, 4) is 0 Å². The predicted molar refractivity (Wildman–Crippen MR) is 70.1 cm³/mol. The highest BCUT2D eigenvalue weighted by atomic mass is 32.2. The molecule has 0 aliphatic heterocycles. The molecule has 0 saturated heterocycles. The highest BCUT2D eigenvalue weighted by Crippen LogP contribution is 2.16. The molecule has 0 atom stereocenters. The van der Waals surface area contributed by atoms with Gasteiger partial charge in [-0.05, 0) is 24.8 Å². The summed E-state index contributed by atoms with van der Waals surface area (Å²) in [6, 6.07) is 3.33. The maximum absolute atomic E-state index is 11.8. The van der Waals surface area contributed by atoms with Crippen LogP contribution in [0.3, 0.4) is 0 Å². The maximum atomic E-state index is 11.8. The molecule has 0 amide bonds. The second-order valence-corrected chi connectivity index (χ2v) is 7.32. The van der Waals surface area contributed by atoms with Crippen molar-refractivity contribution in [2.24, 2.45) is 0 Å². The fraction of sp³-hybridized carbons (Fsp3) is 0.300. The molecule has 17 heavy (non-hydrogen) atoms. The van der Waals surface area contributed by atoms with E-state index in [9.17, 15) is 8.42 Å². The molecule has 2 aromatic heterocycles. The van der Waals surface area contributed by atoms with Crippen molar-refractivity contribution in [2.45, 2.75) is 17.6 Å². The summed E-state index contributed by atoms with van der Waals surface area (Å²) in [6.45, 7) is 2.34. The monoisotopic (exact) mass is 288 g/mol. The van der Waals surface area contributed by atoms with Gasteiger partial charge in [-0.3, -0.25) is 0 Å². The van der Waals surface area contributed by atoms with Gasteiger partial charge in [0.25, 0.3) is 0 Å². The molecule has 92 valence electrons. The fourth-order valence-corrected chi connectivity index (χ4v) is 4.20. The summed E-state index contributed by atoms with van der Waals surface area (Å²) < 4.78 is 26.5. The quantitative estimate of drug-likeness (QED) is 0.916. The third-order valence-electron chi connectivity index (χ3n) is 2.25. The topological polar surface area (TPSA) is 59.1 Å². The van der Waals surface area contributed by atoms with Gasteiger partial charge in [-0.1, -0.05) is 6.07 Å². The Bertz CT molecular complexity index is 572. The van der Waals surface area contributed by atoms with E-state index < -0.39 is 10.0 Å². The molecule has 0 fully saturated rings. The van der Waals surface area contributed by atoms with Gasteiger partial charge in [-0.2, -0.15) is 0 Å². The molecule has 0 saturated carbocycles. The first-order chi connectivity index (χ1) is 8.09. The fourth-order valence-electron chi connectivity index (χ4n) is 1.35. The van der Waals surface area contributed by atoms with Crippen molar-refractivity contribution in [1.29, 1.82) is 0 Å². The lowest BCUT2D eigenvalue weighted by molar-refractivity contribution is 0.584. The van der Waals surface area contributed by atoms with E-state index in [2.05, 4.69) is 9.71 Å². The molecule has 0 aromatic carbocycles. The van der Waals surface area contributed by atoms with Crippen molar-refractivity contribution < 1.29 is 8.42 Å². The zero-order valence-electron chi connectivity index (χ0n) is 9.21. The summed E-state index contributed by atoms with van der Waals surface area (Å²) in [4.78, 5) is 5.25. The number of thiazole rings is 1. The molecule has 0 radical (unpaired) electrons. The summed E-state index contributed by atoms with van der Waals surface area (Å²) in [5, 5.41) is 1.75. The van der Waals surface area contributed by atoms with E-state index in [0.717, 1.165) is 10.6 Å². The first-order valence-electron chi connectivity index (χ1n) is 5.02. The zero-order chi connectivity index (χ0) is 12.3. The third kappa shape index (κ3) is 3.12. The number of hydrogen-bond donors (Lipinski definition) is 1. The molecule has 0 spiro atoms. The lowest BCUT2D eigenvalue weighted by Crippen LogP contribution is -2.25. The van der Waals surface area contributed by atoms with Crippen molar-refractivity contribution in [3.05, 3.63) is 33.6 Å². The van der Waals surface area contributed by atoms with Crippen LogP contribution in [-0.4, -0.2) is 19.9 Å². The minimum Gasteiger partial charge on any atom is -0.250 e. The number of aryl methyl sites for hydroxylation is 1. The van der Waals surface area contributed by atoms with Gasteiger partial charge < -0.3 is 0 Å². The normalized spacial score (nSPS) is 11.8. The molecule has 0 aliphatic carbocycles. The smallest absolute Gasteiger partial charge is 0.250 e. The van der Waals surface area contributed by atoms with Crippen LogP contribution < -0.4 is 4.72 Å². The van der Waals surface area contributed by atoms with Gasteiger partial charge in [-0.15, -0.1) is 22.7 Å². The standard InChI is InChI=1S/C10H12N2O2S3/c1-8-9(16-7-11-8)4-5-12-17(13,14)10-3-2-6-15-10/h2-3,6-7,12H,4-5H2,1H3. The van der Waals surface area contributed by atoms with Crippen LogP contribution in [-0.2, 0) is 16.4 Å². The minimum absolute atomic E-state index is 0.360. The molecule has 0 bridgehead atoms. The number of sulfonamides is 1. The third-order valence-corrected chi connectivity index (χ3v) is 6.10. The Balaban J connectivity index is 1.93. The van der Waals surface area contributed by atoms with Gasteiger partial charge in [0, 0.05) is 11.4 Å². The molecular formula is C10H12N2O2S3. The molecule has 2 heterocycles. The first kappa shape index (κ1) is 12.7. The van der Waals surface area contributed by atoms with Crippen LogP contribution in [0.25, 0.3) is 0 Å². The SMILES string of the molecule is Cc1ncsc1CCNS(=O)(=O)c1cccs1. The summed E-state index contributed by atoms with van der Waals surface area (Å²) in [5.74, 6) is 0. The Morgan fingerprint density at radius 1 is 1.41 bits per heavy atom. The van der Waals surface area contributed by atoms with Crippen LogP contribution in [0.5, 0.6) is 0 Å². The summed E-state index contributed by atoms with van der Waals surface area (Å²) in [5.41, 5.74) is 2.75. The van der Waals surface area contributed by atoms with Gasteiger partial charge in [0.1, 0.15) is 4.21 Å². The van der Waals surface area contributed by atoms with Crippen LogP contribution >= 0.6 is 22.7 Å². The molecule has 0 aliphatic rings. The largest absolute Gasteiger partial charge is 0.250 e. The van der Waals surface area contributed by atoms with E-state index in [1.165, 1.54) is 11.3 Å². The second kappa shape index (κ2) is 5.26. The Kier molecular flexibility index (Phi) is 3.93. The number of hydrogen-bond acceptors (Lipinski definition) is 5. The molecule has 0 unspecified atom stereocenters. The van der Waals surface area contributed by atoms with E-state index in [-0.39, 0.29) is 0 Å². The molecular weight excluding hydrogens is 276 g/mol. The molecule has 7 heteroatoms. The molecule has 4 nitrogen and oxygen atoms in total. The van der Waals surface area contributed by atoms with Crippen LogP contribution in [0.4, 0.5) is 0 Å². The number of rotatable bonds is 5. The minimum atomic E-state index is -3.33. The average Bonchev–Trinajstić information content (AvgIpc) is 2.90. The average molecular weight is 288 g/mol. The van der Waals surface area contributed by atoms with E-state index >= 15 is 0 Å². The molecule has 2 aromatic rings. The zero-order valence-corrected chi connectivity index (χ0v) is 11.7. The number of nitrogens with one attached hydrogen (secondary N) is 1. The Morgan fingerprint density at radius 2 is 2.24 bits per heavy atom. The van der Waals surface area contributed by atoms with Crippen LogP contribution in [0, 0.1) is 6.92 Å². The lowest BCUT2D eigenvalue weighted by Gasteiger charge is -2.03. The van der Waals surface area contributed by atoms with Gasteiger partial charge in [-0.25, -0.2) is 18.1 Å². The highest BCUT2D eigenvalue weighted by molar-refractivity contribution is 7.91. The predicted octanol–water partition coefficient (Wildman–Crippen LogP) is 2.03. The van der Waals surface area contributed by atoms with Gasteiger partial charge in [0.05, 0.1) is 11.2 Å². The van der Waals surface area contributed by atoms with Crippen molar-refractivity contribution in [2.75, 3.05) is 6.54 Å². The number of nitrogens with zero attached hydrogens (tertiary/aromatic N) is 1. The van der Waals surface area contributed by atoms with Crippen molar-refractivity contribution in [1.82, 2.24) is 9.71 Å². The van der Waals surface area contributed by atoms with Gasteiger partial charge >= 0.3 is 0 Å². The summed E-state index contributed by atoms with van der Waals surface area (Å²) in [6.07, 6.45) is 0.682. The first-order valence-corrected chi connectivity index (χ1v) is 8.26. The molecule has 2 rings (SSSR count). The lowest BCUT2D eigenvalue weighted by atomic mass is 10.3. The Labute approximate surface area is 108 Å². The van der Waals surface area contributed by atoms with E-state index in [1.54, 1.807) is 34.4 Å². The highest BCUT2D eigenvalue weighted by Gasteiger charge is 2.14. The second-order valence-electron chi connectivity index (χ2n) is 3.44. The summed E-state index contributed by atoms with van der Waals surface area (Å²) >= 11 is 2.77.